The van der Waals surface area contributed by atoms with Crippen molar-refractivity contribution < 1.29 is 75.2 Å². The first kappa shape index (κ1) is 37.0. The van der Waals surface area contributed by atoms with Crippen LogP contribution < -0.4 is 10.6 Å². The summed E-state index contributed by atoms with van der Waals surface area (Å²) >= 11 is 0.672. The summed E-state index contributed by atoms with van der Waals surface area (Å²) in [6.45, 7) is 3.13. The standard InChI is InChI=1S/C24H31F3N2O13S/c1-10(30)28-14(21(34)37-5)9-43-17-7-15(22(35)38-6)42-20(18(17)29-23(36)24(25,26)27)19(41-13(4)33)16(40-12(3)32)8-39-11(2)31/h7,14,16-20H,8-9H2,1-6H3,(H,28,30)(H,29,36)/t14-,16+,17+,18+,19+,20+/m0/s1. The lowest BCUT2D eigenvalue weighted by Gasteiger charge is -2.42. The summed E-state index contributed by atoms with van der Waals surface area (Å²) in [5, 5.41) is 2.64. The molecule has 2 N–H and O–H groups in total. The molecule has 0 fully saturated rings. The van der Waals surface area contributed by atoms with Gasteiger partial charge in [0.05, 0.1) is 25.5 Å². The molecule has 1 heterocycles. The number of alkyl halides is 3. The Bertz CT molecular complexity index is 1110. The summed E-state index contributed by atoms with van der Waals surface area (Å²) in [6, 6.07) is -3.16. The molecule has 242 valence electrons. The minimum atomic E-state index is -5.43. The molecule has 0 aliphatic carbocycles. The van der Waals surface area contributed by atoms with Crippen molar-refractivity contribution in [1.29, 1.82) is 0 Å². The number of rotatable bonds is 13. The van der Waals surface area contributed by atoms with Crippen molar-refractivity contribution in [2.24, 2.45) is 0 Å². The molecule has 1 aliphatic rings. The van der Waals surface area contributed by atoms with Crippen LogP contribution in [0.5, 0.6) is 0 Å². The Morgan fingerprint density at radius 3 is 2.02 bits per heavy atom. The molecule has 1 rings (SSSR count). The summed E-state index contributed by atoms with van der Waals surface area (Å²) in [5.74, 6) is -9.12. The lowest BCUT2D eigenvalue weighted by molar-refractivity contribution is -0.190. The van der Waals surface area contributed by atoms with E-state index in [2.05, 4.69) is 14.8 Å². The molecule has 1 aliphatic heterocycles. The zero-order valence-electron chi connectivity index (χ0n) is 23.8. The molecule has 0 aromatic rings. The van der Waals surface area contributed by atoms with Crippen LogP contribution in [-0.2, 0) is 62.0 Å². The predicted octanol–water partition coefficient (Wildman–Crippen LogP) is -0.305. The minimum absolute atomic E-state index is 0.369. The fraction of sp³-hybridized carbons (Fsp3) is 0.625. The van der Waals surface area contributed by atoms with Gasteiger partial charge in [-0.25, -0.2) is 9.59 Å². The van der Waals surface area contributed by atoms with Gasteiger partial charge in [0, 0.05) is 33.4 Å². The molecule has 0 aromatic heterocycles. The van der Waals surface area contributed by atoms with Crippen LogP contribution in [0.1, 0.15) is 27.7 Å². The number of esters is 5. The first-order valence-electron chi connectivity index (χ1n) is 12.2. The van der Waals surface area contributed by atoms with Gasteiger partial charge in [-0.15, -0.1) is 11.8 Å². The topological polar surface area (TPSA) is 199 Å². The predicted molar refractivity (Wildman–Crippen MR) is 137 cm³/mol. The van der Waals surface area contributed by atoms with E-state index in [4.69, 9.17) is 18.9 Å². The quantitative estimate of drug-likeness (QED) is 0.196. The highest BCUT2D eigenvalue weighted by Crippen LogP contribution is 2.33. The maximum absolute atomic E-state index is 13.4. The largest absolute Gasteiger partial charge is 0.477 e. The first-order chi connectivity index (χ1) is 19.9. The Morgan fingerprint density at radius 2 is 1.56 bits per heavy atom. The first-order valence-corrected chi connectivity index (χ1v) is 13.2. The van der Waals surface area contributed by atoms with E-state index < -0.39 is 95.8 Å². The van der Waals surface area contributed by atoms with Gasteiger partial charge in [0.1, 0.15) is 12.6 Å². The number of nitrogens with one attached hydrogen (secondary N) is 2. The van der Waals surface area contributed by atoms with Crippen molar-refractivity contribution >= 4 is 53.4 Å². The average molecular weight is 645 g/mol. The van der Waals surface area contributed by atoms with Crippen molar-refractivity contribution in [3.05, 3.63) is 11.8 Å². The molecule has 19 heteroatoms. The second-order valence-electron chi connectivity index (χ2n) is 8.70. The third kappa shape index (κ3) is 12.0. The number of methoxy groups -OCH3 is 2. The number of carbonyl (C=O) groups is 7. The fourth-order valence-electron chi connectivity index (χ4n) is 3.65. The van der Waals surface area contributed by atoms with Gasteiger partial charge in [0.2, 0.25) is 11.7 Å². The van der Waals surface area contributed by atoms with Gasteiger partial charge >= 0.3 is 41.9 Å². The monoisotopic (exact) mass is 644 g/mol. The molecular formula is C24H31F3N2O13S. The SMILES string of the molecule is COC(=O)C1=C[C@@H](SC[C@H](NC(C)=O)C(=O)OC)[C@@H](NC(=O)C(F)(F)F)[C@H]([C@H](OC(C)=O)[C@@H](COC(C)=O)OC(C)=O)O1. The zero-order valence-corrected chi connectivity index (χ0v) is 24.6. The Balaban J connectivity index is 3.79. The Morgan fingerprint density at radius 1 is 0.953 bits per heavy atom. The van der Waals surface area contributed by atoms with Crippen LogP contribution in [-0.4, -0.2) is 110 Å². The molecule has 15 nitrogen and oxygen atoms in total. The van der Waals surface area contributed by atoms with Gasteiger partial charge in [-0.1, -0.05) is 0 Å². The van der Waals surface area contributed by atoms with Crippen molar-refractivity contribution in [3.8, 4) is 0 Å². The van der Waals surface area contributed by atoms with Crippen molar-refractivity contribution in [1.82, 2.24) is 10.6 Å². The smallest absolute Gasteiger partial charge is 0.471 e. The van der Waals surface area contributed by atoms with Crippen LogP contribution in [0.3, 0.4) is 0 Å². The highest BCUT2D eigenvalue weighted by Gasteiger charge is 2.51. The molecule has 0 unspecified atom stereocenters. The lowest BCUT2D eigenvalue weighted by Crippen LogP contribution is -2.62. The number of amides is 2. The van der Waals surface area contributed by atoms with Gasteiger partial charge in [-0.3, -0.25) is 24.0 Å². The summed E-state index contributed by atoms with van der Waals surface area (Å²) in [5.41, 5.74) is 0. The molecule has 0 saturated carbocycles. The number of hydrogen-bond donors (Lipinski definition) is 2. The van der Waals surface area contributed by atoms with E-state index in [1.54, 1.807) is 5.32 Å². The maximum Gasteiger partial charge on any atom is 0.471 e. The van der Waals surface area contributed by atoms with Crippen LogP contribution in [0.15, 0.2) is 11.8 Å². The van der Waals surface area contributed by atoms with Crippen LogP contribution in [0.4, 0.5) is 13.2 Å². The molecule has 0 aromatic carbocycles. The maximum atomic E-state index is 13.4. The minimum Gasteiger partial charge on any atom is -0.477 e. The summed E-state index contributed by atoms with van der Waals surface area (Å²) in [6.07, 6.45) is -9.99. The molecule has 0 spiro atoms. The van der Waals surface area contributed by atoms with E-state index >= 15 is 0 Å². The van der Waals surface area contributed by atoms with Gasteiger partial charge in [-0.2, -0.15) is 13.2 Å². The van der Waals surface area contributed by atoms with Gasteiger partial charge in [0.15, 0.2) is 18.3 Å². The summed E-state index contributed by atoms with van der Waals surface area (Å²) in [4.78, 5) is 83.9. The Kier molecular flexibility index (Phi) is 14.3. The number of carbonyl (C=O) groups excluding carboxylic acids is 7. The summed E-state index contributed by atoms with van der Waals surface area (Å²) in [7, 11) is 1.98. The van der Waals surface area contributed by atoms with E-state index in [0.717, 1.165) is 48.0 Å². The molecule has 43 heavy (non-hydrogen) atoms. The van der Waals surface area contributed by atoms with E-state index in [1.807, 2.05) is 0 Å². The van der Waals surface area contributed by atoms with Gasteiger partial charge in [0.25, 0.3) is 0 Å². The molecule has 0 bridgehead atoms. The van der Waals surface area contributed by atoms with Crippen LogP contribution in [0.2, 0.25) is 0 Å². The Labute approximate surface area is 247 Å². The van der Waals surface area contributed by atoms with E-state index in [9.17, 15) is 46.7 Å². The number of ether oxygens (including phenoxy) is 6. The molecule has 0 radical (unpaired) electrons. The third-order valence-corrected chi connectivity index (χ3v) is 6.65. The molecule has 0 saturated heterocycles. The third-order valence-electron chi connectivity index (χ3n) is 5.31. The number of thioether (sulfide) groups is 1. The van der Waals surface area contributed by atoms with E-state index in [-0.39, 0.29) is 5.75 Å². The van der Waals surface area contributed by atoms with Crippen LogP contribution in [0, 0.1) is 0 Å². The Hall–Kier alpha value is -4.03. The number of hydrogen-bond acceptors (Lipinski definition) is 14. The second-order valence-corrected chi connectivity index (χ2v) is 9.91. The van der Waals surface area contributed by atoms with Crippen LogP contribution in [0.25, 0.3) is 0 Å². The van der Waals surface area contributed by atoms with Crippen molar-refractivity contribution in [2.45, 2.75) is 69.5 Å². The number of halogens is 3. The zero-order chi connectivity index (χ0) is 33.1. The van der Waals surface area contributed by atoms with Crippen molar-refractivity contribution in [2.75, 3.05) is 26.6 Å². The van der Waals surface area contributed by atoms with E-state index in [0.29, 0.717) is 11.8 Å². The second kappa shape index (κ2) is 16.6. The average Bonchev–Trinajstić information content (AvgIpc) is 2.90. The summed E-state index contributed by atoms with van der Waals surface area (Å²) < 4.78 is 70.3. The van der Waals surface area contributed by atoms with Crippen molar-refractivity contribution in [3.63, 3.8) is 0 Å². The molecule has 6 atom stereocenters. The fourth-order valence-corrected chi connectivity index (χ4v) is 4.94. The van der Waals surface area contributed by atoms with Gasteiger partial charge < -0.3 is 39.1 Å². The van der Waals surface area contributed by atoms with Gasteiger partial charge in [-0.05, 0) is 6.08 Å². The highest BCUT2D eigenvalue weighted by atomic mass is 32.2. The lowest BCUT2D eigenvalue weighted by atomic mass is 9.94. The highest BCUT2D eigenvalue weighted by molar-refractivity contribution is 8.00. The normalized spacial score (nSPS) is 20.0. The molecular weight excluding hydrogens is 613 g/mol. The van der Waals surface area contributed by atoms with E-state index in [1.165, 1.54) is 0 Å². The molecule has 2 amide bonds. The van der Waals surface area contributed by atoms with Crippen LogP contribution >= 0.6 is 11.8 Å².